The molecule has 1 unspecified atom stereocenters. The topological polar surface area (TPSA) is 117 Å². The van der Waals surface area contributed by atoms with E-state index < -0.39 is 9.84 Å². The molecule has 1 aliphatic carbocycles. The summed E-state index contributed by atoms with van der Waals surface area (Å²) in [7, 11) is -3.03. The van der Waals surface area contributed by atoms with Crippen LogP contribution in [0.5, 0.6) is 0 Å². The number of hydrogen-bond donors (Lipinski definition) is 3. The van der Waals surface area contributed by atoms with Crippen LogP contribution in [0.4, 0.5) is 11.5 Å². The smallest absolute Gasteiger partial charge is 0.223 e. The highest BCUT2D eigenvalue weighted by Gasteiger charge is 2.29. The molecule has 170 valence electrons. The largest absolute Gasteiger partial charge is 0.356 e. The lowest BCUT2D eigenvalue weighted by Gasteiger charge is -2.22. The number of halogens is 2. The van der Waals surface area contributed by atoms with E-state index >= 15 is 0 Å². The Kier molecular flexibility index (Phi) is 6.60. The molecule has 1 aromatic carbocycles. The number of anilines is 2. The van der Waals surface area contributed by atoms with Gasteiger partial charge in [0.25, 0.3) is 0 Å². The minimum atomic E-state index is -3.03. The van der Waals surface area contributed by atoms with Crippen LogP contribution in [0.15, 0.2) is 24.5 Å². The van der Waals surface area contributed by atoms with Gasteiger partial charge < -0.3 is 15.6 Å². The van der Waals surface area contributed by atoms with Gasteiger partial charge in [-0.15, -0.1) is 0 Å². The van der Waals surface area contributed by atoms with Gasteiger partial charge >= 0.3 is 0 Å². The van der Waals surface area contributed by atoms with Gasteiger partial charge in [0.05, 0.1) is 21.2 Å². The Morgan fingerprint density at radius 1 is 1.25 bits per heavy atom. The van der Waals surface area contributed by atoms with Crippen LogP contribution in [0.2, 0.25) is 10.0 Å². The molecule has 2 aromatic heterocycles. The van der Waals surface area contributed by atoms with Crippen molar-refractivity contribution in [3.8, 4) is 0 Å². The van der Waals surface area contributed by atoms with Crippen LogP contribution in [0.25, 0.3) is 11.0 Å². The van der Waals surface area contributed by atoms with Gasteiger partial charge in [0, 0.05) is 30.1 Å². The van der Waals surface area contributed by atoms with Gasteiger partial charge in [-0.25, -0.2) is 18.4 Å². The summed E-state index contributed by atoms with van der Waals surface area (Å²) in [5.41, 5.74) is 3.52. The van der Waals surface area contributed by atoms with Crippen LogP contribution in [0, 0.1) is 5.92 Å². The number of amides is 1. The standard InChI is InChI=1S/C21H23Cl2N5O3S/c1-32(30,31)8-2-7-24-21(29)12-3-6-17-14(9-12)18-19(25-11-26-20(18)28-17)27-13-4-5-15(22)16(23)10-13/h4-5,10-12H,2-3,6-9H2,1H3,(H,24,29)(H2,25,26,27,28). The van der Waals surface area contributed by atoms with Crippen molar-refractivity contribution in [2.45, 2.75) is 25.7 Å². The average Bonchev–Trinajstić information content (AvgIpc) is 3.12. The molecule has 8 nitrogen and oxygen atoms in total. The Hall–Kier alpha value is -2.36. The summed E-state index contributed by atoms with van der Waals surface area (Å²) in [6.07, 6.45) is 5.06. The molecule has 32 heavy (non-hydrogen) atoms. The number of H-pyrrole nitrogens is 1. The van der Waals surface area contributed by atoms with Crippen molar-refractivity contribution < 1.29 is 13.2 Å². The van der Waals surface area contributed by atoms with Gasteiger partial charge in [-0.2, -0.15) is 0 Å². The van der Waals surface area contributed by atoms with Crippen LogP contribution in [0.3, 0.4) is 0 Å². The Balaban J connectivity index is 1.53. The van der Waals surface area contributed by atoms with Crippen LogP contribution < -0.4 is 10.6 Å². The third-order valence-corrected chi connectivity index (χ3v) is 7.29. The second kappa shape index (κ2) is 9.25. The number of nitrogens with one attached hydrogen (secondary N) is 3. The van der Waals surface area contributed by atoms with Crippen molar-refractivity contribution in [2.24, 2.45) is 5.92 Å². The first kappa shape index (κ1) is 22.8. The number of nitrogens with zero attached hydrogens (tertiary/aromatic N) is 2. The quantitative estimate of drug-likeness (QED) is 0.430. The Bertz CT molecular complexity index is 1280. The molecule has 3 aromatic rings. The Morgan fingerprint density at radius 2 is 2.06 bits per heavy atom. The number of carbonyl (C=O) groups is 1. The summed E-state index contributed by atoms with van der Waals surface area (Å²) in [5, 5.41) is 7.91. The van der Waals surface area contributed by atoms with Crippen molar-refractivity contribution in [2.75, 3.05) is 23.9 Å². The lowest BCUT2D eigenvalue weighted by molar-refractivity contribution is -0.125. The van der Waals surface area contributed by atoms with E-state index in [1.807, 2.05) is 6.07 Å². The molecule has 1 atom stereocenters. The molecule has 0 saturated carbocycles. The number of carbonyl (C=O) groups excluding carboxylic acids is 1. The fourth-order valence-electron chi connectivity index (χ4n) is 3.96. The van der Waals surface area contributed by atoms with E-state index in [2.05, 4.69) is 25.6 Å². The molecule has 0 bridgehead atoms. The van der Waals surface area contributed by atoms with Gasteiger partial charge in [-0.3, -0.25) is 4.79 Å². The number of benzene rings is 1. The van der Waals surface area contributed by atoms with Crippen LogP contribution in [-0.4, -0.2) is 47.8 Å². The SMILES string of the molecule is CS(=O)(=O)CCCNC(=O)C1CCc2[nH]c3ncnc(Nc4ccc(Cl)c(Cl)c4)c3c2C1. The molecule has 4 rings (SSSR count). The lowest BCUT2D eigenvalue weighted by atomic mass is 9.86. The van der Waals surface area contributed by atoms with Crippen LogP contribution in [0.1, 0.15) is 24.1 Å². The maximum absolute atomic E-state index is 12.7. The molecular formula is C21H23Cl2N5O3S. The summed E-state index contributed by atoms with van der Waals surface area (Å²) >= 11 is 12.1. The van der Waals surface area contributed by atoms with Gasteiger partial charge in [-0.05, 0) is 49.4 Å². The number of fused-ring (bicyclic) bond motifs is 3. The minimum absolute atomic E-state index is 0.0608. The van der Waals surface area contributed by atoms with E-state index in [-0.39, 0.29) is 17.6 Å². The summed E-state index contributed by atoms with van der Waals surface area (Å²) < 4.78 is 22.5. The third kappa shape index (κ3) is 5.16. The normalized spacial score (nSPS) is 16.0. The predicted molar refractivity (Wildman–Crippen MR) is 126 cm³/mol. The molecule has 0 spiro atoms. The van der Waals surface area contributed by atoms with E-state index in [1.54, 1.807) is 12.1 Å². The van der Waals surface area contributed by atoms with Crippen molar-refractivity contribution in [3.05, 3.63) is 45.8 Å². The average molecular weight is 496 g/mol. The molecule has 3 N–H and O–H groups in total. The fraction of sp³-hybridized carbons (Fsp3) is 0.381. The zero-order valence-corrected chi connectivity index (χ0v) is 19.7. The summed E-state index contributed by atoms with van der Waals surface area (Å²) in [6.45, 7) is 0.344. The third-order valence-electron chi connectivity index (χ3n) is 5.52. The minimum Gasteiger partial charge on any atom is -0.356 e. The van der Waals surface area contributed by atoms with Gasteiger partial charge in [0.1, 0.15) is 27.6 Å². The first-order valence-corrected chi connectivity index (χ1v) is 13.0. The zero-order valence-electron chi connectivity index (χ0n) is 17.4. The van der Waals surface area contributed by atoms with Crippen molar-refractivity contribution >= 4 is 61.5 Å². The highest BCUT2D eigenvalue weighted by atomic mass is 35.5. The van der Waals surface area contributed by atoms with Crippen LogP contribution >= 0.6 is 23.2 Å². The number of sulfone groups is 1. The number of rotatable bonds is 7. The van der Waals surface area contributed by atoms with Crippen molar-refractivity contribution in [1.82, 2.24) is 20.3 Å². The fourth-order valence-corrected chi connectivity index (χ4v) is 4.93. The molecule has 2 heterocycles. The maximum Gasteiger partial charge on any atom is 0.223 e. The predicted octanol–water partition coefficient (Wildman–Crippen LogP) is 3.66. The molecule has 1 aliphatic rings. The first-order chi connectivity index (χ1) is 15.2. The van der Waals surface area contributed by atoms with E-state index in [1.165, 1.54) is 12.6 Å². The van der Waals surface area contributed by atoms with Gasteiger partial charge in [-0.1, -0.05) is 23.2 Å². The number of aromatic nitrogens is 3. The molecule has 0 fully saturated rings. The highest BCUT2D eigenvalue weighted by molar-refractivity contribution is 7.90. The van der Waals surface area contributed by atoms with E-state index in [4.69, 9.17) is 23.2 Å². The molecular weight excluding hydrogens is 473 g/mol. The Labute approximate surface area is 196 Å². The lowest BCUT2D eigenvalue weighted by Crippen LogP contribution is -2.35. The summed E-state index contributed by atoms with van der Waals surface area (Å²) in [5.74, 6) is 0.429. The maximum atomic E-state index is 12.7. The molecule has 11 heteroatoms. The summed E-state index contributed by atoms with van der Waals surface area (Å²) in [4.78, 5) is 24.8. The van der Waals surface area contributed by atoms with E-state index in [0.717, 1.165) is 28.8 Å². The molecule has 0 aliphatic heterocycles. The van der Waals surface area contributed by atoms with Crippen LogP contribution in [-0.2, 0) is 27.5 Å². The first-order valence-electron chi connectivity index (χ1n) is 10.2. The van der Waals surface area contributed by atoms with E-state index in [0.29, 0.717) is 47.3 Å². The molecule has 1 amide bonds. The second-order valence-electron chi connectivity index (χ2n) is 8.00. The monoisotopic (exact) mass is 495 g/mol. The highest BCUT2D eigenvalue weighted by Crippen LogP contribution is 2.36. The molecule has 0 saturated heterocycles. The van der Waals surface area contributed by atoms with E-state index in [9.17, 15) is 13.2 Å². The van der Waals surface area contributed by atoms with Crippen molar-refractivity contribution in [3.63, 3.8) is 0 Å². The summed E-state index contributed by atoms with van der Waals surface area (Å²) in [6, 6.07) is 5.25. The number of aryl methyl sites for hydroxylation is 1. The van der Waals surface area contributed by atoms with Gasteiger partial charge in [0.15, 0.2) is 0 Å². The second-order valence-corrected chi connectivity index (χ2v) is 11.1. The zero-order chi connectivity index (χ0) is 22.9. The van der Waals surface area contributed by atoms with Crippen molar-refractivity contribution in [1.29, 1.82) is 0 Å². The molecule has 0 radical (unpaired) electrons. The van der Waals surface area contributed by atoms with Gasteiger partial charge in [0.2, 0.25) is 5.91 Å². The number of hydrogen-bond acceptors (Lipinski definition) is 6. The number of aromatic amines is 1. The Morgan fingerprint density at radius 3 is 2.81 bits per heavy atom.